The van der Waals surface area contributed by atoms with Crippen LogP contribution in [-0.2, 0) is 0 Å². The Bertz CT molecular complexity index is 1120. The molecule has 0 amide bonds. The van der Waals surface area contributed by atoms with Crippen LogP contribution in [0, 0.1) is 23.0 Å². The minimum absolute atomic E-state index is 0.00763. The van der Waals surface area contributed by atoms with E-state index in [1.54, 1.807) is 0 Å². The number of benzene rings is 2. The van der Waals surface area contributed by atoms with Crippen molar-refractivity contribution in [1.82, 2.24) is 10.2 Å². The normalized spacial score (nSPS) is 15.9. The second-order valence-corrected chi connectivity index (χ2v) is 6.83. The molecule has 1 unspecified atom stereocenters. The lowest BCUT2D eigenvalue weighted by molar-refractivity contribution is 0.378. The molecular formula is C19H11BrF2N4O. The number of nitrogens with zero attached hydrogens (tertiary/aromatic N) is 2. The zero-order valence-electron chi connectivity index (χ0n) is 13.6. The lowest BCUT2D eigenvalue weighted by Crippen LogP contribution is -2.21. The van der Waals surface area contributed by atoms with Crippen molar-refractivity contribution in [3.63, 3.8) is 0 Å². The van der Waals surface area contributed by atoms with Crippen LogP contribution in [0.25, 0.3) is 11.3 Å². The molecule has 0 bridgehead atoms. The monoisotopic (exact) mass is 428 g/mol. The molecule has 4 rings (SSSR count). The summed E-state index contributed by atoms with van der Waals surface area (Å²) < 4.78 is 34.7. The van der Waals surface area contributed by atoms with Gasteiger partial charge in [-0.2, -0.15) is 5.26 Å². The summed E-state index contributed by atoms with van der Waals surface area (Å²) in [5, 5.41) is 16.6. The third-order valence-electron chi connectivity index (χ3n) is 4.34. The van der Waals surface area contributed by atoms with Crippen molar-refractivity contribution in [3.8, 4) is 23.2 Å². The van der Waals surface area contributed by atoms with Crippen molar-refractivity contribution in [2.75, 3.05) is 0 Å². The standard InChI is InChI=1S/C19H11BrF2N4O/c20-10-3-1-9(2-4-10)17-16-15(12-7-11(21)5-6-14(12)22)13(8-23)18(24)27-19(16)26-25-17/h1-7,15H,24H2,(H,25,26). The minimum atomic E-state index is -0.952. The summed E-state index contributed by atoms with van der Waals surface area (Å²) in [6.07, 6.45) is 0. The molecule has 3 N–H and O–H groups in total. The molecule has 0 radical (unpaired) electrons. The molecule has 134 valence electrons. The van der Waals surface area contributed by atoms with Crippen LogP contribution in [0.5, 0.6) is 5.88 Å². The van der Waals surface area contributed by atoms with Gasteiger partial charge in [0.1, 0.15) is 23.3 Å². The SMILES string of the molecule is N#CC1=C(N)Oc2n[nH]c(-c3ccc(Br)cc3)c2C1c1cc(F)ccc1F. The fourth-order valence-electron chi connectivity index (χ4n) is 3.13. The average Bonchev–Trinajstić information content (AvgIpc) is 3.06. The van der Waals surface area contributed by atoms with Crippen LogP contribution >= 0.6 is 15.9 Å². The van der Waals surface area contributed by atoms with Crippen molar-refractivity contribution < 1.29 is 13.5 Å². The van der Waals surface area contributed by atoms with Crippen LogP contribution in [0.1, 0.15) is 17.0 Å². The van der Waals surface area contributed by atoms with E-state index in [0.29, 0.717) is 11.3 Å². The van der Waals surface area contributed by atoms with Gasteiger partial charge in [-0.3, -0.25) is 5.10 Å². The van der Waals surface area contributed by atoms with E-state index < -0.39 is 17.6 Å². The lowest BCUT2D eigenvalue weighted by Gasteiger charge is -2.24. The Morgan fingerprint density at radius 3 is 2.63 bits per heavy atom. The number of H-pyrrole nitrogens is 1. The van der Waals surface area contributed by atoms with Gasteiger partial charge in [0.05, 0.1) is 17.2 Å². The smallest absolute Gasteiger partial charge is 0.244 e. The molecular weight excluding hydrogens is 418 g/mol. The van der Waals surface area contributed by atoms with E-state index >= 15 is 0 Å². The molecule has 1 atom stereocenters. The number of nitriles is 1. The molecule has 8 heteroatoms. The topological polar surface area (TPSA) is 87.7 Å². The van der Waals surface area contributed by atoms with Crippen molar-refractivity contribution in [2.45, 2.75) is 5.92 Å². The summed E-state index contributed by atoms with van der Waals surface area (Å²) in [4.78, 5) is 0. The number of rotatable bonds is 2. The van der Waals surface area contributed by atoms with Gasteiger partial charge >= 0.3 is 0 Å². The molecule has 0 saturated heterocycles. The lowest BCUT2D eigenvalue weighted by atomic mass is 9.82. The fraction of sp³-hybridized carbons (Fsp3) is 0.0526. The van der Waals surface area contributed by atoms with Gasteiger partial charge in [0.25, 0.3) is 0 Å². The van der Waals surface area contributed by atoms with E-state index in [4.69, 9.17) is 10.5 Å². The van der Waals surface area contributed by atoms with Crippen LogP contribution < -0.4 is 10.5 Å². The largest absolute Gasteiger partial charge is 0.420 e. The summed E-state index contributed by atoms with van der Waals surface area (Å²) in [6.45, 7) is 0. The Morgan fingerprint density at radius 1 is 1.19 bits per heavy atom. The van der Waals surface area contributed by atoms with Crippen molar-refractivity contribution in [3.05, 3.63) is 81.2 Å². The van der Waals surface area contributed by atoms with Crippen LogP contribution in [0.15, 0.2) is 58.4 Å². The van der Waals surface area contributed by atoms with E-state index in [0.717, 1.165) is 28.2 Å². The predicted molar refractivity (Wildman–Crippen MR) is 97.4 cm³/mol. The molecule has 1 aliphatic rings. The Labute approximate surface area is 161 Å². The zero-order valence-corrected chi connectivity index (χ0v) is 15.2. The van der Waals surface area contributed by atoms with Crippen LogP contribution in [-0.4, -0.2) is 10.2 Å². The molecule has 2 aromatic carbocycles. The van der Waals surface area contributed by atoms with E-state index in [1.807, 2.05) is 30.3 Å². The first-order chi connectivity index (χ1) is 13.0. The van der Waals surface area contributed by atoms with Crippen LogP contribution in [0.3, 0.4) is 0 Å². The van der Waals surface area contributed by atoms with Crippen molar-refractivity contribution >= 4 is 15.9 Å². The molecule has 1 aromatic heterocycles. The van der Waals surface area contributed by atoms with Gasteiger partial charge in [-0.1, -0.05) is 28.1 Å². The quantitative estimate of drug-likeness (QED) is 0.635. The third kappa shape index (κ3) is 2.86. The van der Waals surface area contributed by atoms with Crippen LogP contribution in [0.2, 0.25) is 0 Å². The van der Waals surface area contributed by atoms with Gasteiger partial charge in [-0.15, -0.1) is 5.10 Å². The number of ether oxygens (including phenoxy) is 1. The van der Waals surface area contributed by atoms with Gasteiger partial charge in [0.15, 0.2) is 0 Å². The average molecular weight is 429 g/mol. The maximum Gasteiger partial charge on any atom is 0.244 e. The van der Waals surface area contributed by atoms with E-state index in [-0.39, 0.29) is 22.9 Å². The molecule has 0 aliphatic carbocycles. The summed E-state index contributed by atoms with van der Waals surface area (Å²) >= 11 is 3.37. The van der Waals surface area contributed by atoms with Crippen LogP contribution in [0.4, 0.5) is 8.78 Å². The molecule has 0 spiro atoms. The van der Waals surface area contributed by atoms with Gasteiger partial charge < -0.3 is 10.5 Å². The molecule has 3 aromatic rings. The van der Waals surface area contributed by atoms with Gasteiger partial charge in [0.2, 0.25) is 11.8 Å². The Morgan fingerprint density at radius 2 is 1.93 bits per heavy atom. The van der Waals surface area contributed by atoms with Crippen molar-refractivity contribution in [2.24, 2.45) is 5.73 Å². The highest BCUT2D eigenvalue weighted by Crippen LogP contribution is 2.46. The van der Waals surface area contributed by atoms with Gasteiger partial charge in [-0.05, 0) is 30.3 Å². The number of halogens is 3. The van der Waals surface area contributed by atoms with Gasteiger partial charge in [-0.25, -0.2) is 8.78 Å². The number of allylic oxidation sites excluding steroid dienone is 1. The first-order valence-corrected chi connectivity index (χ1v) is 8.65. The first-order valence-electron chi connectivity index (χ1n) is 7.86. The Kier molecular flexibility index (Phi) is 4.16. The number of fused-ring (bicyclic) bond motifs is 1. The number of aromatic nitrogens is 2. The van der Waals surface area contributed by atoms with E-state index in [9.17, 15) is 14.0 Å². The van der Waals surface area contributed by atoms with Gasteiger partial charge in [0, 0.05) is 15.6 Å². The number of aromatic amines is 1. The molecule has 5 nitrogen and oxygen atoms in total. The minimum Gasteiger partial charge on any atom is -0.420 e. The Hall–Kier alpha value is -3.18. The summed E-state index contributed by atoms with van der Waals surface area (Å²) in [6, 6.07) is 12.4. The maximum atomic E-state index is 14.6. The van der Waals surface area contributed by atoms with Crippen molar-refractivity contribution in [1.29, 1.82) is 5.26 Å². The highest BCUT2D eigenvalue weighted by molar-refractivity contribution is 9.10. The molecule has 0 saturated carbocycles. The number of hydrogen-bond acceptors (Lipinski definition) is 4. The Balaban J connectivity index is 1.98. The highest BCUT2D eigenvalue weighted by atomic mass is 79.9. The molecule has 2 heterocycles. The zero-order chi connectivity index (χ0) is 19.1. The number of nitrogens with two attached hydrogens (primary N) is 1. The maximum absolute atomic E-state index is 14.6. The summed E-state index contributed by atoms with van der Waals surface area (Å²) in [5.41, 5.74) is 7.53. The molecule has 1 aliphatic heterocycles. The number of hydrogen-bond donors (Lipinski definition) is 2. The third-order valence-corrected chi connectivity index (χ3v) is 4.87. The second kappa shape index (κ2) is 6.52. The number of nitrogens with one attached hydrogen (secondary N) is 1. The highest BCUT2D eigenvalue weighted by Gasteiger charge is 2.37. The first kappa shape index (κ1) is 17.2. The van der Waals surface area contributed by atoms with E-state index in [1.165, 1.54) is 0 Å². The fourth-order valence-corrected chi connectivity index (χ4v) is 3.39. The molecule has 0 fully saturated rings. The van der Waals surface area contributed by atoms with E-state index in [2.05, 4.69) is 26.1 Å². The summed E-state index contributed by atoms with van der Waals surface area (Å²) in [7, 11) is 0. The second-order valence-electron chi connectivity index (χ2n) is 5.91. The summed E-state index contributed by atoms with van der Waals surface area (Å²) in [5.74, 6) is -2.29. The predicted octanol–water partition coefficient (Wildman–Crippen LogP) is 4.34. The molecule has 27 heavy (non-hydrogen) atoms.